The second-order valence-electron chi connectivity index (χ2n) is 8.86. The average Bonchev–Trinajstić information content (AvgIpc) is 3.23. The molecule has 2 aliphatic heterocycles. The lowest BCUT2D eigenvalue weighted by Crippen LogP contribution is -2.51. The van der Waals surface area contributed by atoms with Crippen molar-refractivity contribution in [2.45, 2.75) is 43.3 Å². The molecule has 2 fully saturated rings. The van der Waals surface area contributed by atoms with Crippen LogP contribution < -0.4 is 0 Å². The van der Waals surface area contributed by atoms with Gasteiger partial charge >= 0.3 is 12.4 Å². The van der Waals surface area contributed by atoms with Crippen molar-refractivity contribution in [1.29, 1.82) is 0 Å². The molecule has 1 N–H and O–H groups in total. The van der Waals surface area contributed by atoms with Gasteiger partial charge in [0.1, 0.15) is 0 Å². The Balaban J connectivity index is 1.64. The molecule has 0 unspecified atom stereocenters. The molecule has 10 heteroatoms. The van der Waals surface area contributed by atoms with Crippen LogP contribution >= 0.6 is 0 Å². The number of hydrogen-bond donors (Lipinski definition) is 1. The Morgan fingerprint density at radius 3 is 2.00 bits per heavy atom. The van der Waals surface area contributed by atoms with Crippen molar-refractivity contribution >= 4 is 5.91 Å². The van der Waals surface area contributed by atoms with E-state index in [1.807, 2.05) is 30.3 Å². The molecular formula is C24H24F6N2O2. The summed E-state index contributed by atoms with van der Waals surface area (Å²) in [5.41, 5.74) is -2.73. The first-order valence-electron chi connectivity index (χ1n) is 11.0. The average molecular weight is 486 g/mol. The van der Waals surface area contributed by atoms with Crippen LogP contribution in [0.25, 0.3) is 0 Å². The van der Waals surface area contributed by atoms with Crippen molar-refractivity contribution in [2.24, 2.45) is 0 Å². The van der Waals surface area contributed by atoms with E-state index < -0.39 is 41.1 Å². The molecule has 0 saturated carbocycles. The third-order valence-corrected chi connectivity index (χ3v) is 6.59. The molecule has 2 aliphatic rings. The quantitative estimate of drug-likeness (QED) is 0.635. The highest BCUT2D eigenvalue weighted by molar-refractivity contribution is 5.95. The molecule has 2 saturated heterocycles. The number of benzene rings is 2. The predicted octanol–water partition coefficient (Wildman–Crippen LogP) is 4.79. The number of carbonyl (C=O) groups excluding carboxylic acids is 1. The lowest BCUT2D eigenvalue weighted by atomic mass is 9.84. The normalized spacial score (nSPS) is 24.4. The summed E-state index contributed by atoms with van der Waals surface area (Å²) < 4.78 is 79.6. The largest absolute Gasteiger partial charge is 0.416 e. The molecule has 3 atom stereocenters. The Kier molecular flexibility index (Phi) is 6.65. The van der Waals surface area contributed by atoms with E-state index in [9.17, 15) is 36.2 Å². The van der Waals surface area contributed by atoms with E-state index in [0.717, 1.165) is 5.56 Å². The summed E-state index contributed by atoms with van der Waals surface area (Å²) in [5, 5.41) is 9.97. The fourth-order valence-corrected chi connectivity index (χ4v) is 4.92. The molecule has 4 nitrogen and oxygen atoms in total. The maximum Gasteiger partial charge on any atom is 0.416 e. The van der Waals surface area contributed by atoms with Gasteiger partial charge in [-0.25, -0.2) is 0 Å². The van der Waals surface area contributed by atoms with E-state index in [0.29, 0.717) is 38.1 Å². The van der Waals surface area contributed by atoms with Crippen LogP contribution in [0.5, 0.6) is 0 Å². The molecule has 0 bridgehead atoms. The van der Waals surface area contributed by atoms with Crippen molar-refractivity contribution in [3.05, 3.63) is 70.8 Å². The van der Waals surface area contributed by atoms with Crippen molar-refractivity contribution in [1.82, 2.24) is 9.80 Å². The van der Waals surface area contributed by atoms with Crippen LogP contribution in [-0.4, -0.2) is 59.1 Å². The molecule has 1 amide bonds. The number of likely N-dealkylation sites (tertiary alicyclic amines) is 2. The van der Waals surface area contributed by atoms with E-state index in [-0.39, 0.29) is 31.1 Å². The second-order valence-corrected chi connectivity index (χ2v) is 8.86. The highest BCUT2D eigenvalue weighted by Crippen LogP contribution is 2.38. The summed E-state index contributed by atoms with van der Waals surface area (Å²) in [5.74, 6) is -1.06. The van der Waals surface area contributed by atoms with Gasteiger partial charge in [0.15, 0.2) is 0 Å². The van der Waals surface area contributed by atoms with E-state index in [2.05, 4.69) is 4.90 Å². The van der Waals surface area contributed by atoms with Crippen molar-refractivity contribution in [2.75, 3.05) is 26.2 Å². The van der Waals surface area contributed by atoms with Gasteiger partial charge in [0.2, 0.25) is 0 Å². The third kappa shape index (κ3) is 5.22. The molecule has 0 aliphatic carbocycles. The second kappa shape index (κ2) is 9.22. The Morgan fingerprint density at radius 2 is 1.47 bits per heavy atom. The number of aliphatic hydroxyl groups excluding tert-OH is 1. The van der Waals surface area contributed by atoms with Crippen LogP contribution in [0, 0.1) is 0 Å². The third-order valence-electron chi connectivity index (χ3n) is 6.59. The van der Waals surface area contributed by atoms with Crippen molar-refractivity contribution in [3.63, 3.8) is 0 Å². The predicted molar refractivity (Wildman–Crippen MR) is 112 cm³/mol. The molecule has 2 aromatic carbocycles. The minimum atomic E-state index is -5.02. The number of carbonyl (C=O) groups is 1. The highest BCUT2D eigenvalue weighted by Gasteiger charge is 2.41. The van der Waals surface area contributed by atoms with Crippen LogP contribution in [0.2, 0.25) is 0 Å². The first kappa shape index (κ1) is 24.5. The summed E-state index contributed by atoms with van der Waals surface area (Å²) in [4.78, 5) is 16.6. The van der Waals surface area contributed by atoms with Gasteiger partial charge in [0.25, 0.3) is 5.91 Å². The molecule has 0 spiro atoms. The number of nitrogens with zero attached hydrogens (tertiary/aromatic N) is 2. The minimum Gasteiger partial charge on any atom is -0.392 e. The number of amides is 1. The Labute approximate surface area is 192 Å². The zero-order chi connectivity index (χ0) is 24.7. The molecule has 0 aromatic heterocycles. The van der Waals surface area contributed by atoms with Crippen molar-refractivity contribution < 1.29 is 36.2 Å². The Bertz CT molecular complexity index is 992. The van der Waals surface area contributed by atoms with E-state index in [1.165, 1.54) is 4.90 Å². The molecule has 2 heterocycles. The van der Waals surface area contributed by atoms with Gasteiger partial charge in [-0.2, -0.15) is 26.3 Å². The number of rotatable bonds is 3. The number of halogens is 6. The number of β-amino-alcohol motifs (C(OH)–C–C–N with tert-alkyl or cyclic N) is 1. The summed E-state index contributed by atoms with van der Waals surface area (Å²) in [6.07, 6.45) is -9.37. The fraction of sp³-hybridized carbons (Fsp3) is 0.458. The van der Waals surface area contributed by atoms with Gasteiger partial charge in [-0.15, -0.1) is 0 Å². The highest BCUT2D eigenvalue weighted by atomic mass is 19.4. The number of aliphatic hydroxyl groups is 1. The molecule has 4 rings (SSSR count). The van der Waals surface area contributed by atoms with E-state index in [1.54, 1.807) is 0 Å². The first-order chi connectivity index (χ1) is 15.9. The van der Waals surface area contributed by atoms with Crippen LogP contribution in [0.15, 0.2) is 48.5 Å². The summed E-state index contributed by atoms with van der Waals surface area (Å²) in [7, 11) is 0. The van der Waals surface area contributed by atoms with Crippen molar-refractivity contribution in [3.8, 4) is 0 Å². The number of hydrogen-bond acceptors (Lipinski definition) is 3. The smallest absolute Gasteiger partial charge is 0.392 e. The van der Waals surface area contributed by atoms with Crippen LogP contribution in [-0.2, 0) is 12.4 Å². The Morgan fingerprint density at radius 1 is 0.853 bits per heavy atom. The van der Waals surface area contributed by atoms with Gasteiger partial charge in [-0.3, -0.25) is 9.69 Å². The van der Waals surface area contributed by atoms with Crippen LogP contribution in [0.3, 0.4) is 0 Å². The van der Waals surface area contributed by atoms with Gasteiger partial charge < -0.3 is 10.0 Å². The SMILES string of the molecule is O=C(c1cc(C(F)(F)F)cc(C(F)(F)F)c1)N1CC[C@H](N2CC[C@@H](O)C2)[C@@H](c2ccccc2)C1. The summed E-state index contributed by atoms with van der Waals surface area (Å²) in [6.45, 7) is 1.52. The lowest BCUT2D eigenvalue weighted by molar-refractivity contribution is -0.143. The fourth-order valence-electron chi connectivity index (χ4n) is 4.92. The van der Waals surface area contributed by atoms with E-state index in [4.69, 9.17) is 0 Å². The van der Waals surface area contributed by atoms with Gasteiger partial charge in [0, 0.05) is 43.7 Å². The van der Waals surface area contributed by atoms with Gasteiger partial charge in [-0.1, -0.05) is 30.3 Å². The zero-order valence-electron chi connectivity index (χ0n) is 18.1. The number of piperidine rings is 1. The standard InChI is InChI=1S/C24H24F6N2O2/c25-23(26,27)17-10-16(11-18(12-17)24(28,29)30)22(34)32-9-7-21(31-8-6-19(33)13-31)20(14-32)15-4-2-1-3-5-15/h1-5,10-12,19-21,33H,6-9,13-14H2/t19-,20-,21+/m1/s1. The maximum absolute atomic E-state index is 13.3. The minimum absolute atomic E-state index is 0.00385. The Hall–Kier alpha value is -2.59. The number of alkyl halides is 6. The van der Waals surface area contributed by atoms with Gasteiger partial charge in [-0.05, 0) is 36.6 Å². The van der Waals surface area contributed by atoms with Crippen LogP contribution in [0.4, 0.5) is 26.3 Å². The topological polar surface area (TPSA) is 43.8 Å². The zero-order valence-corrected chi connectivity index (χ0v) is 18.1. The molecule has 34 heavy (non-hydrogen) atoms. The first-order valence-corrected chi connectivity index (χ1v) is 11.0. The van der Waals surface area contributed by atoms with E-state index >= 15 is 0 Å². The van der Waals surface area contributed by atoms with Crippen LogP contribution in [0.1, 0.15) is 45.8 Å². The summed E-state index contributed by atoms with van der Waals surface area (Å²) >= 11 is 0. The molecule has 184 valence electrons. The maximum atomic E-state index is 13.3. The molecular weight excluding hydrogens is 462 g/mol. The van der Waals surface area contributed by atoms with Gasteiger partial charge in [0.05, 0.1) is 17.2 Å². The molecule has 0 radical (unpaired) electrons. The monoisotopic (exact) mass is 486 g/mol. The molecule has 2 aromatic rings. The lowest BCUT2D eigenvalue weighted by Gasteiger charge is -2.43. The summed E-state index contributed by atoms with van der Waals surface area (Å²) in [6, 6.07) is 10.3.